The van der Waals surface area contributed by atoms with Gasteiger partial charge < -0.3 is 20.5 Å². The third-order valence-electron chi connectivity index (χ3n) is 4.83. The average Bonchev–Trinajstić information content (AvgIpc) is 2.87. The van der Waals surface area contributed by atoms with E-state index >= 15 is 0 Å². The van der Waals surface area contributed by atoms with Crippen molar-refractivity contribution in [2.45, 2.75) is 65.0 Å². The van der Waals surface area contributed by atoms with Crippen molar-refractivity contribution in [2.24, 2.45) is 0 Å². The molecule has 136 valence electrons. The predicted molar refractivity (Wildman–Crippen MR) is 104 cm³/mol. The van der Waals surface area contributed by atoms with E-state index in [9.17, 15) is 4.79 Å². The second-order valence-electron chi connectivity index (χ2n) is 6.42. The van der Waals surface area contributed by atoms with Crippen LogP contribution in [0, 0.1) is 3.95 Å². The molecule has 0 atom stereocenters. The van der Waals surface area contributed by atoms with Crippen LogP contribution in [0.25, 0.3) is 0 Å². The van der Waals surface area contributed by atoms with Gasteiger partial charge in [-0.2, -0.15) is 0 Å². The van der Waals surface area contributed by atoms with Gasteiger partial charge in [0.2, 0.25) is 0 Å². The summed E-state index contributed by atoms with van der Waals surface area (Å²) in [5, 5.41) is 3.13. The van der Waals surface area contributed by atoms with E-state index in [0.29, 0.717) is 14.6 Å². The fraction of sp³-hybridized carbons (Fsp3) is 0.765. The number of carbonyl (C=O) groups excluding carboxylic acids is 1. The molecular weight excluding hydrogens is 340 g/mol. The Morgan fingerprint density at radius 3 is 2.62 bits per heavy atom. The first-order valence-corrected chi connectivity index (χ1v) is 10.3. The van der Waals surface area contributed by atoms with E-state index in [1.807, 2.05) is 4.57 Å². The molecule has 5 nitrogen and oxygen atoms in total. The number of amides is 1. The Labute approximate surface area is 154 Å². The topological polar surface area (TPSA) is 63.3 Å². The molecule has 1 aliphatic carbocycles. The summed E-state index contributed by atoms with van der Waals surface area (Å²) in [6, 6.07) is 0.289. The Hall–Kier alpha value is -0.920. The van der Waals surface area contributed by atoms with Gasteiger partial charge in [-0.25, -0.2) is 0 Å². The predicted octanol–water partition coefficient (Wildman–Crippen LogP) is 3.66. The van der Waals surface area contributed by atoms with Crippen molar-refractivity contribution in [1.82, 2.24) is 14.8 Å². The van der Waals surface area contributed by atoms with Gasteiger partial charge in [0.15, 0.2) is 3.95 Å². The second kappa shape index (κ2) is 9.53. The zero-order valence-electron chi connectivity index (χ0n) is 14.8. The van der Waals surface area contributed by atoms with Gasteiger partial charge in [0.05, 0.1) is 0 Å². The summed E-state index contributed by atoms with van der Waals surface area (Å²) in [7, 11) is 0. The van der Waals surface area contributed by atoms with Crippen molar-refractivity contribution >= 4 is 35.3 Å². The highest BCUT2D eigenvalue weighted by molar-refractivity contribution is 7.73. The van der Waals surface area contributed by atoms with E-state index in [1.54, 1.807) is 0 Å². The highest BCUT2D eigenvalue weighted by atomic mass is 32.1. The Balaban J connectivity index is 1.97. The molecule has 1 fully saturated rings. The number of carbonyl (C=O) groups is 1. The van der Waals surface area contributed by atoms with Crippen molar-refractivity contribution in [3.05, 3.63) is 8.83 Å². The Morgan fingerprint density at radius 1 is 1.33 bits per heavy atom. The lowest BCUT2D eigenvalue weighted by Crippen LogP contribution is -2.36. The van der Waals surface area contributed by atoms with Crippen molar-refractivity contribution < 1.29 is 4.79 Å². The fourth-order valence-electron chi connectivity index (χ4n) is 3.28. The molecular formula is C17H30N4OS2. The molecule has 3 N–H and O–H groups in total. The maximum Gasteiger partial charge on any atom is 0.265 e. The molecule has 0 aliphatic heterocycles. The van der Waals surface area contributed by atoms with Crippen LogP contribution < -0.4 is 11.1 Å². The number of nitrogen functional groups attached to an aromatic ring is 1. The van der Waals surface area contributed by atoms with Crippen LogP contribution in [-0.4, -0.2) is 41.1 Å². The Morgan fingerprint density at radius 2 is 2.00 bits per heavy atom. The summed E-state index contributed by atoms with van der Waals surface area (Å²) < 4.78 is 2.61. The maximum absolute atomic E-state index is 12.5. The molecule has 0 spiro atoms. The molecule has 1 aromatic rings. The van der Waals surface area contributed by atoms with Gasteiger partial charge >= 0.3 is 0 Å². The molecule has 1 heterocycles. The molecule has 0 saturated heterocycles. The minimum absolute atomic E-state index is 0.0574. The monoisotopic (exact) mass is 370 g/mol. The van der Waals surface area contributed by atoms with Crippen molar-refractivity contribution in [3.63, 3.8) is 0 Å². The van der Waals surface area contributed by atoms with Crippen LogP contribution in [-0.2, 0) is 6.54 Å². The molecule has 24 heavy (non-hydrogen) atoms. The van der Waals surface area contributed by atoms with Crippen LogP contribution in [0.2, 0.25) is 0 Å². The average molecular weight is 371 g/mol. The SMILES string of the molecule is CCN(CC)CCCn1c(N)c(C(=O)NC2CCCCC2)sc1=S. The standard InChI is InChI=1S/C17H30N4OS2/c1-3-20(4-2)11-8-12-21-15(18)14(24-17(21)23)16(22)19-13-9-6-5-7-10-13/h13H,3-12,18H2,1-2H3,(H,19,22). The van der Waals surface area contributed by atoms with E-state index in [1.165, 1.54) is 30.6 Å². The van der Waals surface area contributed by atoms with E-state index in [-0.39, 0.29) is 11.9 Å². The molecule has 2 rings (SSSR count). The van der Waals surface area contributed by atoms with Gasteiger partial charge in [-0.1, -0.05) is 44.4 Å². The molecule has 7 heteroatoms. The number of nitrogens with one attached hydrogen (secondary N) is 1. The van der Waals surface area contributed by atoms with Crippen LogP contribution in [0.4, 0.5) is 5.82 Å². The number of anilines is 1. The molecule has 0 bridgehead atoms. The zero-order chi connectivity index (χ0) is 17.5. The normalized spacial score (nSPS) is 15.8. The summed E-state index contributed by atoms with van der Waals surface area (Å²) in [5.74, 6) is 0.468. The smallest absolute Gasteiger partial charge is 0.265 e. The van der Waals surface area contributed by atoms with E-state index < -0.39 is 0 Å². The second-order valence-corrected chi connectivity index (χ2v) is 8.07. The highest BCUT2D eigenvalue weighted by Crippen LogP contribution is 2.24. The van der Waals surface area contributed by atoms with Gasteiger partial charge in [0.25, 0.3) is 5.91 Å². The first kappa shape index (κ1) is 19.4. The van der Waals surface area contributed by atoms with Gasteiger partial charge in [-0.3, -0.25) is 4.79 Å². The third kappa shape index (κ3) is 5.04. The third-order valence-corrected chi connectivity index (χ3v) is 6.29. The van der Waals surface area contributed by atoms with Gasteiger partial charge in [-0.05, 0) is 51.1 Å². The van der Waals surface area contributed by atoms with E-state index in [0.717, 1.165) is 45.4 Å². The molecule has 0 radical (unpaired) electrons. The number of hydrogen-bond donors (Lipinski definition) is 2. The number of hydrogen-bond acceptors (Lipinski definition) is 5. The maximum atomic E-state index is 12.5. The van der Waals surface area contributed by atoms with Crippen molar-refractivity contribution in [3.8, 4) is 0 Å². The quantitative estimate of drug-likeness (QED) is 0.686. The van der Waals surface area contributed by atoms with Crippen molar-refractivity contribution in [1.29, 1.82) is 0 Å². The lowest BCUT2D eigenvalue weighted by molar-refractivity contribution is 0.0932. The van der Waals surface area contributed by atoms with Crippen LogP contribution in [0.3, 0.4) is 0 Å². The number of rotatable bonds is 8. The first-order chi connectivity index (χ1) is 11.6. The summed E-state index contributed by atoms with van der Waals surface area (Å²) in [6.07, 6.45) is 6.80. The summed E-state index contributed by atoms with van der Waals surface area (Å²) in [6.45, 7) is 8.23. The lowest BCUT2D eigenvalue weighted by atomic mass is 9.95. The Bertz CT molecular complexity index is 586. The summed E-state index contributed by atoms with van der Waals surface area (Å²) in [4.78, 5) is 15.5. The minimum Gasteiger partial charge on any atom is -0.384 e. The first-order valence-electron chi connectivity index (χ1n) is 9.09. The lowest BCUT2D eigenvalue weighted by Gasteiger charge is -2.22. The molecule has 1 aliphatic rings. The molecule has 1 amide bonds. The number of nitrogens with zero attached hydrogens (tertiary/aromatic N) is 2. The molecule has 1 aromatic heterocycles. The number of aromatic nitrogens is 1. The van der Waals surface area contributed by atoms with E-state index in [2.05, 4.69) is 24.1 Å². The number of thiazole rings is 1. The van der Waals surface area contributed by atoms with Crippen LogP contribution in [0.1, 0.15) is 62.0 Å². The zero-order valence-corrected chi connectivity index (χ0v) is 16.5. The largest absolute Gasteiger partial charge is 0.384 e. The fourth-order valence-corrected chi connectivity index (χ4v) is 4.56. The van der Waals surface area contributed by atoms with Crippen LogP contribution >= 0.6 is 23.6 Å². The minimum atomic E-state index is -0.0574. The molecule has 0 aromatic carbocycles. The highest BCUT2D eigenvalue weighted by Gasteiger charge is 2.21. The molecule has 1 saturated carbocycles. The van der Waals surface area contributed by atoms with Crippen molar-refractivity contribution in [2.75, 3.05) is 25.4 Å². The summed E-state index contributed by atoms with van der Waals surface area (Å²) in [5.41, 5.74) is 6.22. The summed E-state index contributed by atoms with van der Waals surface area (Å²) >= 11 is 6.76. The van der Waals surface area contributed by atoms with Gasteiger partial charge in [0, 0.05) is 12.6 Å². The van der Waals surface area contributed by atoms with Gasteiger partial charge in [0.1, 0.15) is 10.7 Å². The van der Waals surface area contributed by atoms with Crippen LogP contribution in [0.5, 0.6) is 0 Å². The number of nitrogens with two attached hydrogens (primary N) is 1. The Kier molecular flexibility index (Phi) is 7.71. The van der Waals surface area contributed by atoms with Crippen LogP contribution in [0.15, 0.2) is 0 Å². The molecule has 0 unspecified atom stereocenters. The van der Waals surface area contributed by atoms with E-state index in [4.69, 9.17) is 18.0 Å². The van der Waals surface area contributed by atoms with Gasteiger partial charge in [-0.15, -0.1) is 0 Å².